The van der Waals surface area contributed by atoms with Gasteiger partial charge in [-0.25, -0.2) is 0 Å². The molecule has 2 heterocycles. The Labute approximate surface area is 150 Å². The maximum atomic E-state index is 12.4. The van der Waals surface area contributed by atoms with Crippen LogP contribution in [0.3, 0.4) is 0 Å². The Hall–Kier alpha value is -0.780. The van der Waals surface area contributed by atoms with Crippen LogP contribution in [0.15, 0.2) is 12.3 Å². The molecule has 0 spiro atoms. The van der Waals surface area contributed by atoms with Crippen molar-refractivity contribution >= 4 is 30.7 Å². The molecule has 2 atom stereocenters. The second-order valence-electron chi connectivity index (χ2n) is 6.59. The summed E-state index contributed by atoms with van der Waals surface area (Å²) >= 11 is 0. The highest BCUT2D eigenvalue weighted by Gasteiger charge is 2.30. The molecule has 7 heteroatoms. The van der Waals surface area contributed by atoms with Crippen LogP contribution in [0, 0.1) is 5.92 Å². The average Bonchev–Trinajstić information content (AvgIpc) is 3.08. The van der Waals surface area contributed by atoms with Gasteiger partial charge in [-0.15, -0.1) is 24.8 Å². The fourth-order valence-electron chi connectivity index (χ4n) is 3.88. The topological polar surface area (TPSA) is 64.2 Å². The van der Waals surface area contributed by atoms with Crippen LogP contribution in [0.5, 0.6) is 0 Å². The van der Waals surface area contributed by atoms with E-state index in [0.29, 0.717) is 24.2 Å². The zero-order valence-corrected chi connectivity index (χ0v) is 15.3. The number of likely N-dealkylation sites (tertiary alicyclic amines) is 1. The number of aromatic nitrogens is 2. The molecule has 5 nitrogen and oxygen atoms in total. The third-order valence-corrected chi connectivity index (χ3v) is 5.28. The van der Waals surface area contributed by atoms with Crippen LogP contribution in [0.1, 0.15) is 50.1 Å². The number of nitrogens with two attached hydrogens (primary N) is 1. The van der Waals surface area contributed by atoms with Crippen molar-refractivity contribution < 1.29 is 4.79 Å². The number of amides is 1. The number of halogens is 2. The van der Waals surface area contributed by atoms with Gasteiger partial charge >= 0.3 is 0 Å². The highest BCUT2D eigenvalue weighted by molar-refractivity contribution is 5.85. The Kier molecular flexibility index (Phi) is 7.84. The first-order chi connectivity index (χ1) is 10.1. The second kappa shape index (κ2) is 8.90. The molecule has 1 aliphatic heterocycles. The van der Waals surface area contributed by atoms with Gasteiger partial charge in [0.25, 0.3) is 0 Å². The Bertz CT molecular complexity index is 500. The van der Waals surface area contributed by atoms with Gasteiger partial charge < -0.3 is 10.6 Å². The van der Waals surface area contributed by atoms with Crippen LogP contribution in [0.25, 0.3) is 0 Å². The van der Waals surface area contributed by atoms with Crippen LogP contribution in [0.4, 0.5) is 0 Å². The van der Waals surface area contributed by atoms with E-state index in [-0.39, 0.29) is 30.9 Å². The molecule has 1 aromatic heterocycles. The van der Waals surface area contributed by atoms with Gasteiger partial charge in [0.05, 0.1) is 0 Å². The molecule has 3 rings (SSSR count). The monoisotopic (exact) mass is 362 g/mol. The lowest BCUT2D eigenvalue weighted by Gasteiger charge is -2.33. The van der Waals surface area contributed by atoms with Crippen LogP contribution in [0.2, 0.25) is 0 Å². The minimum Gasteiger partial charge on any atom is -0.343 e. The Morgan fingerprint density at radius 2 is 1.96 bits per heavy atom. The van der Waals surface area contributed by atoms with E-state index in [1.54, 1.807) is 0 Å². The molecule has 1 saturated heterocycles. The number of nitrogens with zero attached hydrogens (tertiary/aromatic N) is 3. The molecule has 0 aromatic carbocycles. The van der Waals surface area contributed by atoms with E-state index in [1.165, 1.54) is 12.1 Å². The van der Waals surface area contributed by atoms with Crippen molar-refractivity contribution in [3.63, 3.8) is 0 Å². The van der Waals surface area contributed by atoms with E-state index in [4.69, 9.17) is 5.73 Å². The van der Waals surface area contributed by atoms with Crippen molar-refractivity contribution in [3.8, 4) is 0 Å². The van der Waals surface area contributed by atoms with Gasteiger partial charge in [0.2, 0.25) is 5.91 Å². The number of carbonyl (C=O) groups excluding carboxylic acids is 1. The van der Waals surface area contributed by atoms with Gasteiger partial charge in [0.15, 0.2) is 0 Å². The third-order valence-electron chi connectivity index (χ3n) is 5.28. The van der Waals surface area contributed by atoms with E-state index in [2.05, 4.69) is 11.2 Å². The summed E-state index contributed by atoms with van der Waals surface area (Å²) < 4.78 is 1.96. The van der Waals surface area contributed by atoms with Crippen molar-refractivity contribution in [2.75, 3.05) is 13.1 Å². The maximum Gasteiger partial charge on any atom is 0.222 e. The van der Waals surface area contributed by atoms with Crippen LogP contribution < -0.4 is 5.73 Å². The molecule has 132 valence electrons. The first-order valence-electron chi connectivity index (χ1n) is 8.16. The summed E-state index contributed by atoms with van der Waals surface area (Å²) in [5.74, 6) is 1.25. The van der Waals surface area contributed by atoms with Crippen molar-refractivity contribution in [2.45, 2.75) is 50.5 Å². The van der Waals surface area contributed by atoms with E-state index in [9.17, 15) is 4.79 Å². The number of carbonyl (C=O) groups is 1. The Morgan fingerprint density at radius 3 is 2.48 bits per heavy atom. The van der Waals surface area contributed by atoms with Gasteiger partial charge in [-0.3, -0.25) is 9.48 Å². The molecule has 0 radical (unpaired) electrons. The lowest BCUT2D eigenvalue weighted by molar-refractivity contribution is -0.133. The van der Waals surface area contributed by atoms with Crippen molar-refractivity contribution in [1.82, 2.24) is 14.7 Å². The zero-order valence-electron chi connectivity index (χ0n) is 13.7. The quantitative estimate of drug-likeness (QED) is 0.897. The van der Waals surface area contributed by atoms with Crippen LogP contribution in [-0.4, -0.2) is 39.7 Å². The normalized spacial score (nSPS) is 24.9. The average molecular weight is 363 g/mol. The second-order valence-corrected chi connectivity index (χ2v) is 6.59. The molecule has 2 aliphatic rings. The fraction of sp³-hybridized carbons (Fsp3) is 0.750. The van der Waals surface area contributed by atoms with E-state index < -0.39 is 0 Å². The van der Waals surface area contributed by atoms with Crippen molar-refractivity contribution in [2.24, 2.45) is 18.7 Å². The van der Waals surface area contributed by atoms with E-state index >= 15 is 0 Å². The summed E-state index contributed by atoms with van der Waals surface area (Å²) in [6.45, 7) is 1.74. The minimum atomic E-state index is 0. The molecule has 1 aliphatic carbocycles. The SMILES string of the molecule is Cl.Cl.Cn1nccc1C1CCN(C(=O)C[C@@H]2CCC[C@H]2N)CC1. The molecule has 0 bridgehead atoms. The summed E-state index contributed by atoms with van der Waals surface area (Å²) in [5.41, 5.74) is 7.37. The summed E-state index contributed by atoms with van der Waals surface area (Å²) in [6, 6.07) is 2.33. The number of piperidine rings is 1. The summed E-state index contributed by atoms with van der Waals surface area (Å²) in [4.78, 5) is 14.5. The first kappa shape index (κ1) is 20.3. The summed E-state index contributed by atoms with van der Waals surface area (Å²) in [6.07, 6.45) is 7.98. The molecular weight excluding hydrogens is 335 g/mol. The molecule has 1 saturated carbocycles. The summed E-state index contributed by atoms with van der Waals surface area (Å²) in [7, 11) is 1.99. The molecule has 1 amide bonds. The lowest BCUT2D eigenvalue weighted by atomic mass is 9.92. The number of hydrogen-bond acceptors (Lipinski definition) is 3. The minimum absolute atomic E-state index is 0. The van der Waals surface area contributed by atoms with Gasteiger partial charge in [0.1, 0.15) is 0 Å². The lowest BCUT2D eigenvalue weighted by Crippen LogP contribution is -2.40. The Morgan fingerprint density at radius 1 is 1.26 bits per heavy atom. The Balaban J connectivity index is 0.00000132. The van der Waals surface area contributed by atoms with Crippen LogP contribution in [-0.2, 0) is 11.8 Å². The van der Waals surface area contributed by atoms with Gasteiger partial charge in [-0.1, -0.05) is 6.42 Å². The van der Waals surface area contributed by atoms with Crippen molar-refractivity contribution in [3.05, 3.63) is 18.0 Å². The number of hydrogen-bond donors (Lipinski definition) is 1. The highest BCUT2D eigenvalue weighted by Crippen LogP contribution is 2.30. The number of aryl methyl sites for hydroxylation is 1. The number of rotatable bonds is 3. The highest BCUT2D eigenvalue weighted by atomic mass is 35.5. The van der Waals surface area contributed by atoms with Gasteiger partial charge in [-0.2, -0.15) is 5.10 Å². The predicted molar refractivity (Wildman–Crippen MR) is 96.2 cm³/mol. The molecule has 2 N–H and O–H groups in total. The fourth-order valence-corrected chi connectivity index (χ4v) is 3.88. The van der Waals surface area contributed by atoms with E-state index in [0.717, 1.165) is 38.8 Å². The van der Waals surface area contributed by atoms with Crippen molar-refractivity contribution in [1.29, 1.82) is 0 Å². The molecule has 23 heavy (non-hydrogen) atoms. The zero-order chi connectivity index (χ0) is 14.8. The van der Waals surface area contributed by atoms with Gasteiger partial charge in [0, 0.05) is 50.4 Å². The largest absolute Gasteiger partial charge is 0.343 e. The third kappa shape index (κ3) is 4.61. The van der Waals surface area contributed by atoms with Gasteiger partial charge in [-0.05, 0) is 37.7 Å². The molecule has 2 fully saturated rings. The standard InChI is InChI=1S/C16H26N4O.2ClH/c1-19-15(5-8-18-19)12-6-9-20(10-7-12)16(21)11-13-3-2-4-14(13)17;;/h5,8,12-14H,2-4,6-7,9-11,17H2,1H3;2*1H/t13-,14+;;/m0../s1. The van der Waals surface area contributed by atoms with E-state index in [1.807, 2.05) is 22.8 Å². The molecule has 1 aromatic rings. The summed E-state index contributed by atoms with van der Waals surface area (Å²) in [5, 5.41) is 4.24. The first-order valence-corrected chi connectivity index (χ1v) is 8.16. The molecular formula is C16H28Cl2N4O. The van der Waals surface area contributed by atoms with Crippen LogP contribution >= 0.6 is 24.8 Å². The maximum absolute atomic E-state index is 12.4. The predicted octanol–water partition coefficient (Wildman–Crippen LogP) is 2.49. The smallest absolute Gasteiger partial charge is 0.222 e. The molecule has 0 unspecified atom stereocenters.